The number of hydrogen-bond donors (Lipinski definition) is 0. The van der Waals surface area contributed by atoms with Crippen LogP contribution in [-0.4, -0.2) is 22.9 Å². The summed E-state index contributed by atoms with van der Waals surface area (Å²) in [7, 11) is 0. The molecule has 0 atom stereocenters. The Labute approximate surface area is 98.5 Å². The van der Waals surface area contributed by atoms with Crippen molar-refractivity contribution >= 4 is 11.4 Å². The third-order valence-corrected chi connectivity index (χ3v) is 2.92. The first-order valence-electron chi connectivity index (χ1n) is 5.52. The van der Waals surface area contributed by atoms with Gasteiger partial charge in [0, 0.05) is 30.8 Å². The summed E-state index contributed by atoms with van der Waals surface area (Å²) in [4.78, 5) is 12.0. The van der Waals surface area contributed by atoms with Crippen LogP contribution in [0.25, 0.3) is 5.70 Å². The lowest BCUT2D eigenvalue weighted by Gasteiger charge is -2.20. The Bertz CT molecular complexity index is 436. The van der Waals surface area contributed by atoms with Crippen molar-refractivity contribution in [1.82, 2.24) is 4.90 Å². The largest absolute Gasteiger partial charge is 0.369 e. The molecule has 1 aliphatic rings. The summed E-state index contributed by atoms with van der Waals surface area (Å²) in [6.45, 7) is 1.68. The summed E-state index contributed by atoms with van der Waals surface area (Å²) in [5, 5.41) is 10.5. The fourth-order valence-electron chi connectivity index (χ4n) is 2.03. The number of benzene rings is 1. The zero-order valence-corrected chi connectivity index (χ0v) is 9.30. The van der Waals surface area contributed by atoms with Gasteiger partial charge in [-0.15, -0.1) is 0 Å². The number of likely N-dealkylation sites (tertiary alicyclic amines) is 1. The van der Waals surface area contributed by atoms with Gasteiger partial charge in [0.25, 0.3) is 5.69 Å². The number of rotatable bonds is 3. The first-order chi connectivity index (χ1) is 8.22. The van der Waals surface area contributed by atoms with Crippen LogP contribution in [0.4, 0.5) is 10.1 Å². The number of hydrogen-bond acceptors (Lipinski definition) is 3. The van der Waals surface area contributed by atoms with E-state index in [1.165, 1.54) is 12.1 Å². The van der Waals surface area contributed by atoms with Crippen LogP contribution in [0, 0.1) is 10.1 Å². The topological polar surface area (TPSA) is 46.4 Å². The molecule has 0 bridgehead atoms. The van der Waals surface area contributed by atoms with E-state index in [-0.39, 0.29) is 5.69 Å². The molecule has 5 heteroatoms. The summed E-state index contributed by atoms with van der Waals surface area (Å²) < 4.78 is 12.9. The van der Waals surface area contributed by atoms with Crippen molar-refractivity contribution < 1.29 is 9.31 Å². The van der Waals surface area contributed by atoms with Gasteiger partial charge in [-0.05, 0) is 25.0 Å². The molecule has 90 valence electrons. The van der Waals surface area contributed by atoms with E-state index in [9.17, 15) is 14.5 Å². The maximum absolute atomic E-state index is 12.9. The second-order valence-electron chi connectivity index (χ2n) is 3.99. The molecule has 17 heavy (non-hydrogen) atoms. The first-order valence-corrected chi connectivity index (χ1v) is 5.52. The van der Waals surface area contributed by atoms with Crippen molar-refractivity contribution in [3.05, 3.63) is 46.3 Å². The third kappa shape index (κ3) is 2.43. The van der Waals surface area contributed by atoms with Crippen molar-refractivity contribution in [3.8, 4) is 0 Å². The van der Waals surface area contributed by atoms with E-state index in [0.717, 1.165) is 25.9 Å². The summed E-state index contributed by atoms with van der Waals surface area (Å²) in [5.74, 6) is 0. The van der Waals surface area contributed by atoms with Gasteiger partial charge in [0.1, 0.15) is 6.33 Å². The third-order valence-electron chi connectivity index (χ3n) is 2.92. The quantitative estimate of drug-likeness (QED) is 0.598. The highest BCUT2D eigenvalue weighted by Crippen LogP contribution is 2.25. The fraction of sp³-hybridized carbons (Fsp3) is 0.333. The van der Waals surface area contributed by atoms with Crippen molar-refractivity contribution in [2.24, 2.45) is 0 Å². The van der Waals surface area contributed by atoms with Crippen molar-refractivity contribution in [2.45, 2.75) is 12.8 Å². The van der Waals surface area contributed by atoms with E-state index >= 15 is 0 Å². The summed E-state index contributed by atoms with van der Waals surface area (Å²) in [5.41, 5.74) is 1.21. The van der Waals surface area contributed by atoms with Gasteiger partial charge in [-0.1, -0.05) is 0 Å². The predicted molar refractivity (Wildman–Crippen MR) is 63.0 cm³/mol. The molecule has 0 unspecified atom stereocenters. The van der Waals surface area contributed by atoms with Crippen LogP contribution < -0.4 is 0 Å². The molecule has 4 nitrogen and oxygen atoms in total. The van der Waals surface area contributed by atoms with Crippen molar-refractivity contribution in [3.63, 3.8) is 0 Å². The van der Waals surface area contributed by atoms with Gasteiger partial charge >= 0.3 is 0 Å². The van der Waals surface area contributed by atoms with Crippen LogP contribution in [0.15, 0.2) is 30.6 Å². The maximum Gasteiger partial charge on any atom is 0.269 e. The van der Waals surface area contributed by atoms with E-state index in [1.54, 1.807) is 12.1 Å². The second-order valence-corrected chi connectivity index (χ2v) is 3.99. The van der Waals surface area contributed by atoms with Crippen molar-refractivity contribution in [1.29, 1.82) is 0 Å². The molecule has 1 saturated heterocycles. The van der Waals surface area contributed by atoms with Crippen LogP contribution in [0.1, 0.15) is 18.4 Å². The van der Waals surface area contributed by atoms with Gasteiger partial charge in [-0.3, -0.25) is 10.1 Å². The standard InChI is InChI=1S/C12H13FN2O2/c13-9-12(14-7-1-2-8-14)10-3-5-11(6-4-10)15(16)17/h3-6,9H,1-2,7-8H2/b12-9-. The van der Waals surface area contributed by atoms with Crippen molar-refractivity contribution in [2.75, 3.05) is 13.1 Å². The van der Waals surface area contributed by atoms with Gasteiger partial charge in [-0.25, -0.2) is 4.39 Å². The highest BCUT2D eigenvalue weighted by molar-refractivity contribution is 5.64. The number of nitrogens with zero attached hydrogens (tertiary/aromatic N) is 2. The lowest BCUT2D eigenvalue weighted by Crippen LogP contribution is -2.17. The lowest BCUT2D eigenvalue weighted by atomic mass is 10.1. The molecule has 0 radical (unpaired) electrons. The molecule has 0 aliphatic carbocycles. The second kappa shape index (κ2) is 4.95. The Balaban J connectivity index is 2.22. The first kappa shape index (κ1) is 11.6. The van der Waals surface area contributed by atoms with Crippen LogP contribution in [0.3, 0.4) is 0 Å². The molecule has 0 spiro atoms. The SMILES string of the molecule is O=[N+]([O-])c1ccc(/C(=C/F)N2CCCC2)cc1. The van der Waals surface area contributed by atoms with E-state index < -0.39 is 4.92 Å². The van der Waals surface area contributed by atoms with E-state index in [2.05, 4.69) is 0 Å². The molecule has 0 aromatic heterocycles. The normalized spacial score (nSPS) is 16.3. The Hall–Kier alpha value is -1.91. The molecule has 0 N–H and O–H groups in total. The number of nitro groups is 1. The average molecular weight is 236 g/mol. The monoisotopic (exact) mass is 236 g/mol. The highest BCUT2D eigenvalue weighted by atomic mass is 19.1. The van der Waals surface area contributed by atoms with Crippen LogP contribution >= 0.6 is 0 Å². The smallest absolute Gasteiger partial charge is 0.269 e. The van der Waals surface area contributed by atoms with Crippen LogP contribution in [0.2, 0.25) is 0 Å². The zero-order chi connectivity index (χ0) is 12.3. The number of non-ortho nitro benzene ring substituents is 1. The number of halogens is 1. The Morgan fingerprint density at radius 2 is 1.88 bits per heavy atom. The van der Waals surface area contributed by atoms with Gasteiger partial charge in [0.2, 0.25) is 0 Å². The van der Waals surface area contributed by atoms with Crippen LogP contribution in [0.5, 0.6) is 0 Å². The lowest BCUT2D eigenvalue weighted by molar-refractivity contribution is -0.384. The molecule has 1 aliphatic heterocycles. The number of nitro benzene ring substituents is 1. The Morgan fingerprint density at radius 1 is 1.29 bits per heavy atom. The highest BCUT2D eigenvalue weighted by Gasteiger charge is 2.17. The van der Waals surface area contributed by atoms with E-state index in [1.807, 2.05) is 4.90 Å². The van der Waals surface area contributed by atoms with Gasteiger partial charge < -0.3 is 4.90 Å². The summed E-state index contributed by atoms with van der Waals surface area (Å²) in [6, 6.07) is 5.97. The summed E-state index contributed by atoms with van der Waals surface area (Å²) >= 11 is 0. The molecule has 1 aromatic carbocycles. The Kier molecular flexibility index (Phi) is 3.37. The zero-order valence-electron chi connectivity index (χ0n) is 9.30. The molecular formula is C12H13FN2O2. The predicted octanol–water partition coefficient (Wildman–Crippen LogP) is 2.96. The fourth-order valence-corrected chi connectivity index (χ4v) is 2.03. The molecular weight excluding hydrogens is 223 g/mol. The molecule has 1 aromatic rings. The molecule has 1 fully saturated rings. The van der Waals surface area contributed by atoms with Crippen LogP contribution in [-0.2, 0) is 0 Å². The minimum atomic E-state index is -0.460. The van der Waals surface area contributed by atoms with E-state index in [4.69, 9.17) is 0 Å². The minimum Gasteiger partial charge on any atom is -0.369 e. The summed E-state index contributed by atoms with van der Waals surface area (Å²) in [6.07, 6.45) is 2.70. The van der Waals surface area contributed by atoms with Gasteiger partial charge in [0.05, 0.1) is 10.6 Å². The average Bonchev–Trinajstić information content (AvgIpc) is 2.84. The minimum absolute atomic E-state index is 0.0216. The van der Waals surface area contributed by atoms with Gasteiger partial charge in [-0.2, -0.15) is 0 Å². The molecule has 0 saturated carbocycles. The molecule has 1 heterocycles. The van der Waals surface area contributed by atoms with E-state index in [0.29, 0.717) is 17.6 Å². The molecule has 0 amide bonds. The maximum atomic E-state index is 12.9. The molecule has 2 rings (SSSR count). The Morgan fingerprint density at radius 3 is 2.35 bits per heavy atom. The van der Waals surface area contributed by atoms with Gasteiger partial charge in [0.15, 0.2) is 0 Å².